The van der Waals surface area contributed by atoms with Gasteiger partial charge in [-0.1, -0.05) is 61.2 Å². The number of allylic oxidation sites excluding steroid dienone is 2. The van der Waals surface area contributed by atoms with Gasteiger partial charge in [-0.15, -0.1) is 6.58 Å². The fraction of sp³-hybridized carbons (Fsp3) is 0.174. The van der Waals surface area contributed by atoms with Crippen LogP contribution in [0.1, 0.15) is 18.9 Å². The number of ether oxygens (including phenoxy) is 1. The molecule has 0 aromatic heterocycles. The van der Waals surface area contributed by atoms with Crippen LogP contribution in [0.2, 0.25) is 0 Å². The molecule has 0 saturated carbocycles. The molecule has 3 nitrogen and oxygen atoms in total. The van der Waals surface area contributed by atoms with Gasteiger partial charge in [-0.2, -0.15) is 0 Å². The molecule has 0 fully saturated rings. The van der Waals surface area contributed by atoms with E-state index >= 15 is 0 Å². The molecule has 0 unspecified atom stereocenters. The van der Waals surface area contributed by atoms with Gasteiger partial charge in [0.05, 0.1) is 17.9 Å². The van der Waals surface area contributed by atoms with Gasteiger partial charge < -0.3 is 9.64 Å². The second-order valence-electron chi connectivity index (χ2n) is 5.69. The number of benzene rings is 2. The molecule has 0 aliphatic carbocycles. The van der Waals surface area contributed by atoms with Crippen LogP contribution in [-0.4, -0.2) is 12.6 Å². The summed E-state index contributed by atoms with van der Waals surface area (Å²) in [6.45, 7) is 10.5. The zero-order valence-corrected chi connectivity index (χ0v) is 15.2. The Bertz CT molecular complexity index is 763. The van der Waals surface area contributed by atoms with Crippen molar-refractivity contribution in [3.63, 3.8) is 0 Å². The number of rotatable bonds is 9. The summed E-state index contributed by atoms with van der Waals surface area (Å²) < 4.78 is 5.26. The Kier molecular flexibility index (Phi) is 7.44. The molecule has 0 aliphatic heterocycles. The number of hydrogen-bond acceptors (Lipinski definition) is 3. The van der Waals surface area contributed by atoms with Crippen molar-refractivity contribution in [2.24, 2.45) is 0 Å². The Balaban J connectivity index is 2.55. The molecule has 3 heteroatoms. The third-order valence-corrected chi connectivity index (χ3v) is 3.92. The van der Waals surface area contributed by atoms with E-state index in [0.29, 0.717) is 25.1 Å². The summed E-state index contributed by atoms with van der Waals surface area (Å²) in [5.74, 6) is -0.337. The van der Waals surface area contributed by atoms with E-state index < -0.39 is 0 Å². The average molecular weight is 347 g/mol. The first kappa shape index (κ1) is 19.3. The number of esters is 1. The molecule has 2 aromatic carbocycles. The Hall–Kier alpha value is -3.07. The highest BCUT2D eigenvalue weighted by Gasteiger charge is 2.20. The lowest BCUT2D eigenvalue weighted by atomic mass is 10.1. The topological polar surface area (TPSA) is 29.5 Å². The number of hydrogen-bond donors (Lipinski definition) is 0. The van der Waals surface area contributed by atoms with E-state index in [2.05, 4.69) is 30.2 Å². The predicted molar refractivity (Wildman–Crippen MR) is 108 cm³/mol. The van der Waals surface area contributed by atoms with Crippen molar-refractivity contribution in [2.75, 3.05) is 11.5 Å². The van der Waals surface area contributed by atoms with E-state index in [0.717, 1.165) is 16.9 Å². The molecule has 0 aliphatic rings. The fourth-order valence-corrected chi connectivity index (χ4v) is 2.74. The van der Waals surface area contributed by atoms with E-state index in [1.54, 1.807) is 19.1 Å². The van der Waals surface area contributed by atoms with E-state index in [1.165, 1.54) is 0 Å². The van der Waals surface area contributed by atoms with Gasteiger partial charge in [0.1, 0.15) is 0 Å². The quantitative estimate of drug-likeness (QED) is 0.268. The number of anilines is 1. The Morgan fingerprint density at radius 3 is 2.19 bits per heavy atom. The first-order valence-electron chi connectivity index (χ1n) is 8.71. The van der Waals surface area contributed by atoms with Gasteiger partial charge in [0.25, 0.3) is 0 Å². The van der Waals surface area contributed by atoms with Gasteiger partial charge in [-0.05, 0) is 37.1 Å². The summed E-state index contributed by atoms with van der Waals surface area (Å²) in [4.78, 5) is 14.6. The first-order valence-corrected chi connectivity index (χ1v) is 8.71. The molecule has 26 heavy (non-hydrogen) atoms. The van der Waals surface area contributed by atoms with Crippen LogP contribution in [0.25, 0.3) is 0 Å². The third-order valence-electron chi connectivity index (χ3n) is 3.92. The molecule has 0 atom stereocenters. The third kappa shape index (κ3) is 4.96. The lowest BCUT2D eigenvalue weighted by Crippen LogP contribution is -2.25. The maximum Gasteiger partial charge on any atom is 0.336 e. The van der Waals surface area contributed by atoms with Crippen LogP contribution in [0.5, 0.6) is 0 Å². The monoisotopic (exact) mass is 347 g/mol. The van der Waals surface area contributed by atoms with Crippen LogP contribution in [0.15, 0.2) is 97.2 Å². The summed E-state index contributed by atoms with van der Waals surface area (Å²) in [5, 5.41) is 0. The van der Waals surface area contributed by atoms with Crippen molar-refractivity contribution >= 4 is 11.7 Å². The minimum Gasteiger partial charge on any atom is -0.463 e. The Labute approximate surface area is 155 Å². The van der Waals surface area contributed by atoms with E-state index in [4.69, 9.17) is 4.74 Å². The molecule has 0 amide bonds. The summed E-state index contributed by atoms with van der Waals surface area (Å²) >= 11 is 0. The molecule has 0 bridgehead atoms. The maximum atomic E-state index is 12.5. The van der Waals surface area contributed by atoms with E-state index in [9.17, 15) is 4.79 Å². The fourth-order valence-electron chi connectivity index (χ4n) is 2.74. The highest BCUT2D eigenvalue weighted by Crippen LogP contribution is 2.26. The van der Waals surface area contributed by atoms with Crippen LogP contribution in [0.3, 0.4) is 0 Å². The predicted octanol–water partition coefficient (Wildman–Crippen LogP) is 5.27. The zero-order chi connectivity index (χ0) is 18.8. The molecule has 0 N–H and O–H groups in total. The summed E-state index contributed by atoms with van der Waals surface area (Å²) in [5.41, 5.74) is 3.41. The van der Waals surface area contributed by atoms with Gasteiger partial charge >= 0.3 is 5.97 Å². The van der Waals surface area contributed by atoms with Crippen LogP contribution >= 0.6 is 0 Å². The SMILES string of the molecule is C=CC/C(C(=O)OCC)=C(/C=C)N(Cc1ccccc1)c1ccccc1. The second kappa shape index (κ2) is 10.0. The van der Waals surface area contributed by atoms with Gasteiger partial charge in [-0.3, -0.25) is 0 Å². The maximum absolute atomic E-state index is 12.5. The summed E-state index contributed by atoms with van der Waals surface area (Å²) in [7, 11) is 0. The first-order chi connectivity index (χ1) is 12.7. The van der Waals surface area contributed by atoms with Gasteiger partial charge in [0.2, 0.25) is 0 Å². The van der Waals surface area contributed by atoms with Gasteiger partial charge in [0, 0.05) is 12.2 Å². The largest absolute Gasteiger partial charge is 0.463 e. The minimum atomic E-state index is -0.337. The smallest absolute Gasteiger partial charge is 0.336 e. The number of carbonyl (C=O) groups is 1. The molecule has 2 rings (SSSR count). The van der Waals surface area contributed by atoms with Gasteiger partial charge in [-0.25, -0.2) is 4.79 Å². The van der Waals surface area contributed by atoms with Crippen LogP contribution in [0, 0.1) is 0 Å². The van der Waals surface area contributed by atoms with Crippen molar-refractivity contribution in [3.05, 3.63) is 103 Å². The molecule has 0 radical (unpaired) electrons. The van der Waals surface area contributed by atoms with Crippen molar-refractivity contribution in [2.45, 2.75) is 19.9 Å². The highest BCUT2D eigenvalue weighted by molar-refractivity contribution is 5.91. The average Bonchev–Trinajstić information content (AvgIpc) is 2.68. The molecule has 0 heterocycles. The van der Waals surface area contributed by atoms with E-state index in [1.807, 2.05) is 48.5 Å². The molecule has 0 spiro atoms. The second-order valence-corrected chi connectivity index (χ2v) is 5.69. The van der Waals surface area contributed by atoms with Crippen LogP contribution in [0.4, 0.5) is 5.69 Å². The van der Waals surface area contributed by atoms with Crippen molar-refractivity contribution < 1.29 is 9.53 Å². The standard InChI is InChI=1S/C23H25NO2/c1-4-13-21(23(25)26-6-3)22(5-2)24(20-16-11-8-12-17-20)18-19-14-9-7-10-15-19/h4-5,7-12,14-17H,1-2,6,13,18H2,3H3/b22-21+. The Morgan fingerprint density at radius 2 is 1.65 bits per heavy atom. The minimum absolute atomic E-state index is 0.327. The summed E-state index contributed by atoms with van der Waals surface area (Å²) in [6.07, 6.45) is 3.84. The lowest BCUT2D eigenvalue weighted by molar-refractivity contribution is -0.138. The van der Waals surface area contributed by atoms with E-state index in [-0.39, 0.29) is 5.97 Å². The number of nitrogens with zero attached hydrogens (tertiary/aromatic N) is 1. The lowest BCUT2D eigenvalue weighted by Gasteiger charge is -2.28. The van der Waals surface area contributed by atoms with Crippen molar-refractivity contribution in [1.29, 1.82) is 0 Å². The number of carbonyl (C=O) groups excluding carboxylic acids is 1. The molecule has 2 aromatic rings. The zero-order valence-electron chi connectivity index (χ0n) is 15.2. The molecular formula is C23H25NO2. The Morgan fingerprint density at radius 1 is 1.04 bits per heavy atom. The molecule has 0 saturated heterocycles. The molecule has 134 valence electrons. The van der Waals surface area contributed by atoms with Gasteiger partial charge in [0.15, 0.2) is 0 Å². The normalized spacial score (nSPS) is 11.3. The van der Waals surface area contributed by atoms with Crippen LogP contribution < -0.4 is 4.90 Å². The van der Waals surface area contributed by atoms with Crippen LogP contribution in [-0.2, 0) is 16.1 Å². The highest BCUT2D eigenvalue weighted by atomic mass is 16.5. The van der Waals surface area contributed by atoms with Crippen molar-refractivity contribution in [1.82, 2.24) is 0 Å². The van der Waals surface area contributed by atoms with Crippen molar-refractivity contribution in [3.8, 4) is 0 Å². The molecular weight excluding hydrogens is 322 g/mol. The summed E-state index contributed by atoms with van der Waals surface area (Å²) in [6, 6.07) is 20.1. The number of para-hydroxylation sites is 1.